The summed E-state index contributed by atoms with van der Waals surface area (Å²) in [6, 6.07) is 0.287. The van der Waals surface area contributed by atoms with Gasteiger partial charge in [-0.3, -0.25) is 0 Å². The highest BCUT2D eigenvalue weighted by Crippen LogP contribution is 2.15. The third-order valence-corrected chi connectivity index (χ3v) is 2.59. The largest absolute Gasteiger partial charge is 0.376 e. The van der Waals surface area contributed by atoms with Gasteiger partial charge in [-0.2, -0.15) is 0 Å². The van der Waals surface area contributed by atoms with E-state index in [0.717, 1.165) is 19.4 Å². The van der Waals surface area contributed by atoms with Crippen LogP contribution in [0.3, 0.4) is 0 Å². The van der Waals surface area contributed by atoms with Crippen LogP contribution >= 0.6 is 12.2 Å². The second-order valence-corrected chi connectivity index (χ2v) is 5.60. The van der Waals surface area contributed by atoms with Crippen LogP contribution in [0.5, 0.6) is 0 Å². The molecule has 0 aromatic rings. The topological polar surface area (TPSA) is 33.3 Å². The van der Waals surface area contributed by atoms with Gasteiger partial charge >= 0.3 is 0 Å². The van der Waals surface area contributed by atoms with Gasteiger partial charge in [0.2, 0.25) is 0 Å². The molecule has 1 fully saturated rings. The van der Waals surface area contributed by atoms with Gasteiger partial charge in [0.15, 0.2) is 5.11 Å². The van der Waals surface area contributed by atoms with Crippen LogP contribution < -0.4 is 10.6 Å². The zero-order valence-corrected chi connectivity index (χ0v) is 10.9. The molecule has 1 heterocycles. The second kappa shape index (κ2) is 5.12. The summed E-state index contributed by atoms with van der Waals surface area (Å²) in [7, 11) is 0. The third-order valence-electron chi connectivity index (χ3n) is 2.37. The molecule has 2 N–H and O–H groups in total. The van der Waals surface area contributed by atoms with E-state index in [1.165, 1.54) is 0 Å². The quantitative estimate of drug-likeness (QED) is 0.709. The lowest BCUT2D eigenvalue weighted by atomic mass is 10.1. The summed E-state index contributed by atoms with van der Waals surface area (Å²) in [5, 5.41) is 7.23. The molecular weight excluding hydrogens is 208 g/mol. The van der Waals surface area contributed by atoms with Crippen LogP contribution in [0, 0.1) is 0 Å². The van der Waals surface area contributed by atoms with Gasteiger partial charge in [0.1, 0.15) is 0 Å². The minimum absolute atomic E-state index is 0.0142. The first-order valence-electron chi connectivity index (χ1n) is 5.59. The molecule has 0 amide bonds. The van der Waals surface area contributed by atoms with Crippen LogP contribution in [0.2, 0.25) is 0 Å². The highest BCUT2D eigenvalue weighted by atomic mass is 32.1. The fraction of sp³-hybridized carbons (Fsp3) is 0.909. The lowest BCUT2D eigenvalue weighted by Gasteiger charge is -2.27. The van der Waals surface area contributed by atoms with Crippen molar-refractivity contribution in [2.45, 2.75) is 58.2 Å². The molecular formula is C11H22N2OS. The fourth-order valence-corrected chi connectivity index (χ4v) is 2.17. The Balaban J connectivity index is 2.30. The van der Waals surface area contributed by atoms with Crippen molar-refractivity contribution in [1.29, 1.82) is 0 Å². The maximum atomic E-state index is 5.60. The standard InChI is InChI=1S/C11H22N2OS/c1-8(9-6-5-7-14-9)12-10(15)13-11(2,3)4/h8-9H,5-7H2,1-4H3,(H2,12,13,15)/t8-,9-/m1/s1. The normalized spacial score (nSPS) is 23.6. The van der Waals surface area contributed by atoms with Crippen LogP contribution in [-0.2, 0) is 4.74 Å². The van der Waals surface area contributed by atoms with E-state index in [-0.39, 0.29) is 11.6 Å². The van der Waals surface area contributed by atoms with Crippen molar-refractivity contribution in [3.8, 4) is 0 Å². The van der Waals surface area contributed by atoms with E-state index in [1.54, 1.807) is 0 Å². The molecule has 2 atom stereocenters. The van der Waals surface area contributed by atoms with E-state index in [9.17, 15) is 0 Å². The zero-order chi connectivity index (χ0) is 11.5. The molecule has 1 saturated heterocycles. The van der Waals surface area contributed by atoms with Gasteiger partial charge in [-0.1, -0.05) is 0 Å². The minimum Gasteiger partial charge on any atom is -0.376 e. The van der Waals surface area contributed by atoms with Crippen molar-refractivity contribution in [1.82, 2.24) is 10.6 Å². The zero-order valence-electron chi connectivity index (χ0n) is 10.1. The number of hydrogen-bond donors (Lipinski definition) is 2. The maximum Gasteiger partial charge on any atom is 0.166 e. The molecule has 0 spiro atoms. The number of hydrogen-bond acceptors (Lipinski definition) is 2. The van der Waals surface area contributed by atoms with Crippen molar-refractivity contribution in [2.75, 3.05) is 6.61 Å². The van der Waals surface area contributed by atoms with E-state index >= 15 is 0 Å². The molecule has 4 heteroatoms. The molecule has 0 aromatic carbocycles. The van der Waals surface area contributed by atoms with Gasteiger partial charge in [-0.05, 0) is 52.8 Å². The Hall–Kier alpha value is -0.350. The molecule has 3 nitrogen and oxygen atoms in total. The van der Waals surface area contributed by atoms with E-state index in [4.69, 9.17) is 17.0 Å². The molecule has 1 rings (SSSR count). The Bertz CT molecular complexity index is 219. The van der Waals surface area contributed by atoms with E-state index in [0.29, 0.717) is 11.2 Å². The monoisotopic (exact) mass is 230 g/mol. The first-order chi connectivity index (χ1) is 6.88. The van der Waals surface area contributed by atoms with Crippen molar-refractivity contribution < 1.29 is 4.74 Å². The van der Waals surface area contributed by atoms with Crippen LogP contribution in [0.15, 0.2) is 0 Å². The van der Waals surface area contributed by atoms with Crippen LogP contribution in [-0.4, -0.2) is 29.4 Å². The summed E-state index contributed by atoms with van der Waals surface area (Å²) < 4.78 is 5.60. The Morgan fingerprint density at radius 1 is 1.47 bits per heavy atom. The molecule has 0 radical (unpaired) electrons. The maximum absolute atomic E-state index is 5.60. The predicted molar refractivity (Wildman–Crippen MR) is 67.1 cm³/mol. The molecule has 0 aromatic heterocycles. The minimum atomic E-state index is 0.0142. The molecule has 15 heavy (non-hydrogen) atoms. The smallest absolute Gasteiger partial charge is 0.166 e. The lowest BCUT2D eigenvalue weighted by molar-refractivity contribution is 0.0891. The lowest BCUT2D eigenvalue weighted by Crippen LogP contribution is -2.51. The first kappa shape index (κ1) is 12.7. The summed E-state index contributed by atoms with van der Waals surface area (Å²) >= 11 is 5.24. The summed E-state index contributed by atoms with van der Waals surface area (Å²) in [6.45, 7) is 9.29. The number of thiocarbonyl (C=S) groups is 1. The Morgan fingerprint density at radius 3 is 2.60 bits per heavy atom. The molecule has 1 aliphatic heterocycles. The van der Waals surface area contributed by atoms with Gasteiger partial charge in [0.25, 0.3) is 0 Å². The number of rotatable bonds is 2. The van der Waals surface area contributed by atoms with E-state index in [1.807, 2.05) is 0 Å². The van der Waals surface area contributed by atoms with Crippen LogP contribution in [0.25, 0.3) is 0 Å². The Morgan fingerprint density at radius 2 is 2.13 bits per heavy atom. The van der Waals surface area contributed by atoms with Gasteiger partial charge in [0.05, 0.1) is 12.1 Å². The average Bonchev–Trinajstić information content (AvgIpc) is 2.50. The summed E-state index contributed by atoms with van der Waals surface area (Å²) in [4.78, 5) is 0. The molecule has 0 bridgehead atoms. The summed E-state index contributed by atoms with van der Waals surface area (Å²) in [6.07, 6.45) is 2.60. The number of nitrogens with one attached hydrogen (secondary N) is 2. The average molecular weight is 230 g/mol. The Kier molecular flexibility index (Phi) is 4.34. The SMILES string of the molecule is C[C@@H](NC(=S)NC(C)(C)C)[C@H]1CCCO1. The van der Waals surface area contributed by atoms with Crippen LogP contribution in [0.1, 0.15) is 40.5 Å². The molecule has 0 unspecified atom stereocenters. The molecule has 0 aliphatic carbocycles. The molecule has 0 saturated carbocycles. The fourth-order valence-electron chi connectivity index (χ4n) is 1.67. The first-order valence-corrected chi connectivity index (χ1v) is 5.99. The number of ether oxygens (including phenoxy) is 1. The van der Waals surface area contributed by atoms with Gasteiger partial charge in [-0.25, -0.2) is 0 Å². The molecule has 1 aliphatic rings. The highest BCUT2D eigenvalue weighted by Gasteiger charge is 2.23. The van der Waals surface area contributed by atoms with E-state index in [2.05, 4.69) is 38.3 Å². The third kappa shape index (κ3) is 4.80. The van der Waals surface area contributed by atoms with E-state index < -0.39 is 0 Å². The highest BCUT2D eigenvalue weighted by molar-refractivity contribution is 7.80. The van der Waals surface area contributed by atoms with Gasteiger partial charge in [0, 0.05) is 12.1 Å². The summed E-state index contributed by atoms with van der Waals surface area (Å²) in [5.74, 6) is 0. The predicted octanol–water partition coefficient (Wildman–Crippen LogP) is 1.82. The second-order valence-electron chi connectivity index (χ2n) is 5.19. The van der Waals surface area contributed by atoms with Crippen LogP contribution in [0.4, 0.5) is 0 Å². The van der Waals surface area contributed by atoms with Gasteiger partial charge in [-0.15, -0.1) is 0 Å². The van der Waals surface area contributed by atoms with Crippen molar-refractivity contribution in [2.24, 2.45) is 0 Å². The molecule has 88 valence electrons. The van der Waals surface area contributed by atoms with Gasteiger partial charge < -0.3 is 15.4 Å². The van der Waals surface area contributed by atoms with Crippen molar-refractivity contribution >= 4 is 17.3 Å². The van der Waals surface area contributed by atoms with Crippen molar-refractivity contribution in [3.63, 3.8) is 0 Å². The Labute approximate surface area is 98.0 Å². The van der Waals surface area contributed by atoms with Crippen molar-refractivity contribution in [3.05, 3.63) is 0 Å². The summed E-state index contributed by atoms with van der Waals surface area (Å²) in [5.41, 5.74) is 0.0142.